The first-order valence-electron chi connectivity index (χ1n) is 8.37. The van der Waals surface area contributed by atoms with Crippen LogP contribution in [0.25, 0.3) is 0 Å². The quantitative estimate of drug-likeness (QED) is 0.392. The molecule has 1 aliphatic carbocycles. The number of carbonyl (C=O) groups is 2. The minimum atomic E-state index is -1.63. The van der Waals surface area contributed by atoms with Crippen molar-refractivity contribution >= 4 is 28.9 Å². The molecule has 1 heterocycles. The molecule has 1 aromatic heterocycles. The molecule has 6 N–H and O–H groups in total. The normalized spacial score (nSPS) is 17.4. The molecule has 1 aromatic rings. The number of hydrogen-bond donors (Lipinski definition) is 5. The summed E-state index contributed by atoms with van der Waals surface area (Å²) in [7, 11) is 1.52. The Labute approximate surface area is 166 Å². The van der Waals surface area contributed by atoms with Gasteiger partial charge in [-0.05, 0) is 32.1 Å². The molecule has 1 aliphatic rings. The molecular weight excluding hydrogens is 382 g/mol. The lowest BCUT2D eigenvalue weighted by Crippen LogP contribution is -2.58. The predicted molar refractivity (Wildman–Crippen MR) is 106 cm³/mol. The van der Waals surface area contributed by atoms with Crippen LogP contribution in [0.4, 0.5) is 0 Å². The number of nitrogens with two attached hydrogens (primary N) is 1. The van der Waals surface area contributed by atoms with Crippen molar-refractivity contribution in [3.05, 3.63) is 51.3 Å². The zero-order valence-corrected chi connectivity index (χ0v) is 16.6. The fraction of sp³-hybridized carbons (Fsp3) is 0.333. The number of allylic oxidation sites excluding steroid dienone is 4. The van der Waals surface area contributed by atoms with Crippen LogP contribution in [0, 0.1) is 12.3 Å². The molecule has 9 nitrogen and oxygen atoms in total. The first kappa shape index (κ1) is 21.3. The van der Waals surface area contributed by atoms with E-state index in [1.807, 2.05) is 6.92 Å². The second-order valence-electron chi connectivity index (χ2n) is 6.29. The van der Waals surface area contributed by atoms with Crippen LogP contribution in [0.2, 0.25) is 0 Å². The van der Waals surface area contributed by atoms with Crippen molar-refractivity contribution in [3.8, 4) is 0 Å². The Morgan fingerprint density at radius 3 is 2.68 bits per heavy atom. The summed E-state index contributed by atoms with van der Waals surface area (Å²) in [5.74, 6) is -1.08. The van der Waals surface area contributed by atoms with Crippen molar-refractivity contribution in [1.82, 2.24) is 15.6 Å². The number of hydrogen-bond acceptors (Lipinski definition) is 8. The van der Waals surface area contributed by atoms with Crippen molar-refractivity contribution in [3.63, 3.8) is 0 Å². The van der Waals surface area contributed by atoms with E-state index in [9.17, 15) is 14.7 Å². The van der Waals surface area contributed by atoms with Gasteiger partial charge in [0.2, 0.25) is 5.91 Å². The van der Waals surface area contributed by atoms with Crippen LogP contribution < -0.4 is 16.4 Å². The highest BCUT2D eigenvalue weighted by Gasteiger charge is 2.33. The minimum Gasteiger partial charge on any atom is -0.488 e. The summed E-state index contributed by atoms with van der Waals surface area (Å²) in [6.07, 6.45) is 4.70. The Kier molecular flexibility index (Phi) is 6.71. The number of amides is 2. The lowest BCUT2D eigenvalue weighted by Gasteiger charge is -2.26. The molecule has 28 heavy (non-hydrogen) atoms. The first-order chi connectivity index (χ1) is 13.2. The van der Waals surface area contributed by atoms with E-state index in [0.29, 0.717) is 12.4 Å². The third-order valence-corrected chi connectivity index (χ3v) is 5.11. The van der Waals surface area contributed by atoms with Crippen molar-refractivity contribution in [1.29, 1.82) is 5.41 Å². The fourth-order valence-corrected chi connectivity index (χ4v) is 2.98. The Balaban J connectivity index is 2.27. The van der Waals surface area contributed by atoms with Gasteiger partial charge in [-0.15, -0.1) is 11.3 Å². The van der Waals surface area contributed by atoms with Gasteiger partial charge in [-0.3, -0.25) is 9.59 Å². The molecule has 1 unspecified atom stereocenters. The van der Waals surface area contributed by atoms with Crippen LogP contribution in [0.15, 0.2) is 40.8 Å². The number of aliphatic hydroxyl groups excluding tert-OH is 1. The first-order valence-corrected chi connectivity index (χ1v) is 9.25. The average Bonchev–Trinajstić information content (AvgIpc) is 3.07. The Hall–Kier alpha value is -2.98. The largest absolute Gasteiger partial charge is 0.488 e. The van der Waals surface area contributed by atoms with Crippen LogP contribution in [0.3, 0.4) is 0 Å². The highest BCUT2D eigenvalue weighted by atomic mass is 32.1. The van der Waals surface area contributed by atoms with Crippen molar-refractivity contribution in [2.24, 2.45) is 5.73 Å². The molecule has 150 valence electrons. The molecule has 2 rings (SSSR count). The van der Waals surface area contributed by atoms with E-state index in [1.54, 1.807) is 17.7 Å². The molecule has 0 saturated heterocycles. The summed E-state index contributed by atoms with van der Waals surface area (Å²) in [5, 5.41) is 22.7. The monoisotopic (exact) mass is 405 g/mol. The van der Waals surface area contributed by atoms with Crippen LogP contribution in [0.1, 0.15) is 17.5 Å². The van der Waals surface area contributed by atoms with Gasteiger partial charge < -0.3 is 31.6 Å². The van der Waals surface area contributed by atoms with Crippen LogP contribution >= 0.6 is 11.3 Å². The number of nitrogens with zero attached hydrogens (tertiary/aromatic N) is 1. The van der Waals surface area contributed by atoms with E-state index in [2.05, 4.69) is 15.6 Å². The molecule has 0 saturated carbocycles. The maximum Gasteiger partial charge on any atom is 0.268 e. The number of thiazole rings is 1. The molecule has 0 bridgehead atoms. The standard InChI is InChI=1S/C18H23N5O4S/c1-10-14(28-9-22-10)7-27-11-4-5-13(19)12(6-11)15(21-3)16(25)23-18(2,8-24)17(20)26/h4-6,9,19,21,24H,7-8H2,1-3H3,(H2,20,26)(H,23,25)/b15-12-,19-13?. The number of primary amides is 1. The Morgan fingerprint density at radius 1 is 1.43 bits per heavy atom. The topological polar surface area (TPSA) is 150 Å². The van der Waals surface area contributed by atoms with Gasteiger partial charge in [0, 0.05) is 12.6 Å². The third-order valence-electron chi connectivity index (χ3n) is 4.20. The molecule has 0 aromatic carbocycles. The van der Waals surface area contributed by atoms with E-state index < -0.39 is 24.0 Å². The third kappa shape index (κ3) is 4.65. The number of likely N-dealkylation sites (N-methyl/N-ethyl adjacent to an activating group) is 1. The van der Waals surface area contributed by atoms with E-state index in [4.69, 9.17) is 15.9 Å². The average molecular weight is 405 g/mol. The number of carbonyl (C=O) groups excluding carboxylic acids is 2. The van der Waals surface area contributed by atoms with E-state index in [-0.39, 0.29) is 17.0 Å². The van der Waals surface area contributed by atoms with Gasteiger partial charge in [0.05, 0.1) is 28.4 Å². The lowest BCUT2D eigenvalue weighted by molar-refractivity contribution is -0.131. The van der Waals surface area contributed by atoms with Gasteiger partial charge in [-0.25, -0.2) is 4.98 Å². The highest BCUT2D eigenvalue weighted by molar-refractivity contribution is 7.09. The highest BCUT2D eigenvalue weighted by Crippen LogP contribution is 2.21. The predicted octanol–water partition coefficient (Wildman–Crippen LogP) is 0.268. The maximum atomic E-state index is 12.6. The molecule has 0 radical (unpaired) electrons. The summed E-state index contributed by atoms with van der Waals surface area (Å²) in [5.41, 5.74) is 6.67. The maximum absolute atomic E-state index is 12.6. The zero-order valence-electron chi connectivity index (χ0n) is 15.8. The summed E-state index contributed by atoms with van der Waals surface area (Å²) in [4.78, 5) is 29.3. The number of rotatable bonds is 8. The van der Waals surface area contributed by atoms with Gasteiger partial charge in [0.25, 0.3) is 5.91 Å². The molecule has 1 atom stereocenters. The van der Waals surface area contributed by atoms with Crippen LogP contribution in [0.5, 0.6) is 0 Å². The fourth-order valence-electron chi connectivity index (χ4n) is 2.30. The van der Waals surface area contributed by atoms with E-state index in [1.165, 1.54) is 31.4 Å². The number of aromatic nitrogens is 1. The Bertz CT molecular complexity index is 886. The zero-order chi connectivity index (χ0) is 20.9. The summed E-state index contributed by atoms with van der Waals surface area (Å²) < 4.78 is 5.76. The van der Waals surface area contributed by atoms with Gasteiger partial charge in [-0.2, -0.15) is 0 Å². The smallest absolute Gasteiger partial charge is 0.268 e. The summed E-state index contributed by atoms with van der Waals surface area (Å²) in [6.45, 7) is 2.87. The number of aryl methyl sites for hydroxylation is 1. The van der Waals surface area contributed by atoms with Crippen molar-refractivity contribution in [2.75, 3.05) is 13.7 Å². The number of ether oxygens (including phenoxy) is 1. The molecular formula is C18H23N5O4S. The van der Waals surface area contributed by atoms with Crippen LogP contribution in [-0.2, 0) is 20.9 Å². The van der Waals surface area contributed by atoms with Gasteiger partial charge in [0.1, 0.15) is 23.6 Å². The van der Waals surface area contributed by atoms with Crippen molar-refractivity contribution < 1.29 is 19.4 Å². The van der Waals surface area contributed by atoms with Gasteiger partial charge in [-0.1, -0.05) is 0 Å². The molecule has 0 aliphatic heterocycles. The summed E-state index contributed by atoms with van der Waals surface area (Å²) >= 11 is 1.48. The second-order valence-corrected chi connectivity index (χ2v) is 7.23. The minimum absolute atomic E-state index is 0.0466. The SMILES string of the molecule is CN/C(C(=O)NC(C)(CO)C(N)=O)=C1/C=C(OCc2scnc2C)C=CC1=N. The van der Waals surface area contributed by atoms with Gasteiger partial charge >= 0.3 is 0 Å². The molecule has 0 fully saturated rings. The van der Waals surface area contributed by atoms with E-state index >= 15 is 0 Å². The number of nitrogens with one attached hydrogen (secondary N) is 3. The molecule has 10 heteroatoms. The van der Waals surface area contributed by atoms with Crippen molar-refractivity contribution in [2.45, 2.75) is 26.0 Å². The van der Waals surface area contributed by atoms with Gasteiger partial charge in [0.15, 0.2) is 0 Å². The second kappa shape index (κ2) is 8.81. The number of aliphatic hydroxyl groups is 1. The Morgan fingerprint density at radius 2 is 2.14 bits per heavy atom. The van der Waals surface area contributed by atoms with Crippen LogP contribution in [-0.4, -0.2) is 46.8 Å². The lowest BCUT2D eigenvalue weighted by atomic mass is 9.99. The van der Waals surface area contributed by atoms with E-state index in [0.717, 1.165) is 10.6 Å². The molecule has 0 spiro atoms. The molecule has 2 amide bonds. The summed E-state index contributed by atoms with van der Waals surface area (Å²) in [6, 6.07) is 0.